The van der Waals surface area contributed by atoms with Crippen LogP contribution in [-0.4, -0.2) is 26.3 Å². The summed E-state index contributed by atoms with van der Waals surface area (Å²) < 4.78 is 10.3. The quantitative estimate of drug-likeness (QED) is 0.576. The van der Waals surface area contributed by atoms with Crippen molar-refractivity contribution in [2.75, 3.05) is 20.0 Å². The molecule has 0 fully saturated rings. The van der Waals surface area contributed by atoms with Gasteiger partial charge in [0.2, 0.25) is 0 Å². The minimum absolute atomic E-state index is 0.132. The molecule has 1 unspecified atom stereocenters. The largest absolute Gasteiger partial charge is 0.497 e. The molecule has 21 heavy (non-hydrogen) atoms. The zero-order valence-corrected chi connectivity index (χ0v) is 12.9. The molecule has 1 atom stereocenters. The van der Waals surface area contributed by atoms with E-state index in [1.165, 1.54) is 0 Å². The summed E-state index contributed by atoms with van der Waals surface area (Å²) in [5, 5.41) is 0. The van der Waals surface area contributed by atoms with Crippen LogP contribution < -0.4 is 9.47 Å². The lowest BCUT2D eigenvalue weighted by Gasteiger charge is -2.11. The molecule has 4 heteroatoms. The third-order valence-corrected chi connectivity index (χ3v) is 4.29. The summed E-state index contributed by atoms with van der Waals surface area (Å²) >= 11 is 1.64. The smallest absolute Gasteiger partial charge is 0.128 e. The lowest BCUT2D eigenvalue weighted by Crippen LogP contribution is -2.03. The van der Waals surface area contributed by atoms with E-state index in [1.807, 2.05) is 48.5 Å². The molecule has 0 saturated heterocycles. The van der Waals surface area contributed by atoms with Gasteiger partial charge in [-0.15, -0.1) is 11.8 Å². The monoisotopic (exact) mass is 302 g/mol. The van der Waals surface area contributed by atoms with Crippen molar-refractivity contribution in [1.29, 1.82) is 0 Å². The van der Waals surface area contributed by atoms with Crippen LogP contribution in [0, 0.1) is 0 Å². The van der Waals surface area contributed by atoms with Crippen LogP contribution in [0.25, 0.3) is 0 Å². The second-order valence-electron chi connectivity index (χ2n) is 4.51. The zero-order valence-electron chi connectivity index (χ0n) is 12.1. The topological polar surface area (TPSA) is 35.5 Å². The number of rotatable bonds is 7. The molecule has 0 aliphatic carbocycles. The highest BCUT2D eigenvalue weighted by molar-refractivity contribution is 7.99. The predicted molar refractivity (Wildman–Crippen MR) is 85.5 cm³/mol. The molecule has 0 bridgehead atoms. The van der Waals surface area contributed by atoms with Crippen LogP contribution in [0.4, 0.5) is 0 Å². The van der Waals surface area contributed by atoms with E-state index >= 15 is 0 Å². The lowest BCUT2D eigenvalue weighted by molar-refractivity contribution is -0.108. The maximum atomic E-state index is 11.3. The van der Waals surface area contributed by atoms with E-state index in [2.05, 4.69) is 0 Å². The van der Waals surface area contributed by atoms with Gasteiger partial charge in [0.25, 0.3) is 0 Å². The van der Waals surface area contributed by atoms with Crippen molar-refractivity contribution in [3.05, 3.63) is 54.1 Å². The Balaban J connectivity index is 2.02. The van der Waals surface area contributed by atoms with E-state index in [0.717, 1.165) is 28.2 Å². The number of ether oxygens (including phenoxy) is 2. The third kappa shape index (κ3) is 4.26. The number of hydrogen-bond acceptors (Lipinski definition) is 4. The number of aldehydes is 1. The summed E-state index contributed by atoms with van der Waals surface area (Å²) in [5.41, 5.74) is 1.00. The van der Waals surface area contributed by atoms with Gasteiger partial charge in [-0.3, -0.25) is 0 Å². The van der Waals surface area contributed by atoms with Gasteiger partial charge in [0.05, 0.1) is 14.2 Å². The van der Waals surface area contributed by atoms with Crippen molar-refractivity contribution in [1.82, 2.24) is 0 Å². The summed E-state index contributed by atoms with van der Waals surface area (Å²) in [6.07, 6.45) is 0.995. The van der Waals surface area contributed by atoms with E-state index in [0.29, 0.717) is 5.75 Å². The fraction of sp³-hybridized carbons (Fsp3) is 0.235. The molecule has 2 aromatic rings. The van der Waals surface area contributed by atoms with Crippen molar-refractivity contribution in [3.8, 4) is 11.5 Å². The van der Waals surface area contributed by atoms with Crippen LogP contribution in [0.3, 0.4) is 0 Å². The molecule has 110 valence electrons. The highest BCUT2D eigenvalue weighted by atomic mass is 32.2. The van der Waals surface area contributed by atoms with E-state index in [1.54, 1.807) is 26.0 Å². The fourth-order valence-corrected chi connectivity index (χ4v) is 2.96. The Morgan fingerprint density at radius 1 is 1.05 bits per heavy atom. The molecular formula is C17H18O3S. The number of carbonyl (C=O) groups excluding carboxylic acids is 1. The first-order valence-electron chi connectivity index (χ1n) is 6.63. The second-order valence-corrected chi connectivity index (χ2v) is 5.60. The van der Waals surface area contributed by atoms with Gasteiger partial charge < -0.3 is 14.3 Å². The minimum atomic E-state index is -0.132. The molecule has 0 amide bonds. The standard InChI is InChI=1S/C17H18O3S/c1-19-15-8-6-13(7-9-15)14(11-18)12-21-17-5-3-4-16(10-17)20-2/h3-11,14H,12H2,1-2H3. The van der Waals surface area contributed by atoms with Crippen LogP contribution in [-0.2, 0) is 4.79 Å². The number of methoxy groups -OCH3 is 2. The van der Waals surface area contributed by atoms with Crippen molar-refractivity contribution in [3.63, 3.8) is 0 Å². The summed E-state index contributed by atoms with van der Waals surface area (Å²) in [6, 6.07) is 15.5. The van der Waals surface area contributed by atoms with Crippen molar-refractivity contribution >= 4 is 18.0 Å². The number of carbonyl (C=O) groups is 1. The molecule has 0 radical (unpaired) electrons. The van der Waals surface area contributed by atoms with Gasteiger partial charge in [0.1, 0.15) is 17.8 Å². The Bertz CT molecular complexity index is 581. The Kier molecular flexibility index (Phi) is 5.69. The molecule has 0 N–H and O–H groups in total. The second kappa shape index (κ2) is 7.74. The van der Waals surface area contributed by atoms with Crippen LogP contribution in [0.15, 0.2) is 53.4 Å². The Morgan fingerprint density at radius 2 is 1.76 bits per heavy atom. The Labute approximate surface area is 129 Å². The van der Waals surface area contributed by atoms with E-state index < -0.39 is 0 Å². The molecular weight excluding hydrogens is 284 g/mol. The molecule has 2 rings (SSSR count). The number of benzene rings is 2. The van der Waals surface area contributed by atoms with Crippen molar-refractivity contribution in [2.24, 2.45) is 0 Å². The van der Waals surface area contributed by atoms with Gasteiger partial charge in [0.15, 0.2) is 0 Å². The van der Waals surface area contributed by atoms with Gasteiger partial charge in [0, 0.05) is 16.6 Å². The maximum absolute atomic E-state index is 11.3. The summed E-state index contributed by atoms with van der Waals surface area (Å²) in [5.74, 6) is 2.19. The highest BCUT2D eigenvalue weighted by Gasteiger charge is 2.11. The molecule has 0 aromatic heterocycles. The van der Waals surface area contributed by atoms with Gasteiger partial charge in [-0.2, -0.15) is 0 Å². The Morgan fingerprint density at radius 3 is 2.38 bits per heavy atom. The summed E-state index contributed by atoms with van der Waals surface area (Å²) in [6.45, 7) is 0. The minimum Gasteiger partial charge on any atom is -0.497 e. The third-order valence-electron chi connectivity index (χ3n) is 3.18. The average molecular weight is 302 g/mol. The fourth-order valence-electron chi connectivity index (χ4n) is 1.94. The molecule has 0 aliphatic rings. The van der Waals surface area contributed by atoms with E-state index in [9.17, 15) is 4.79 Å². The molecule has 0 saturated carbocycles. The first kappa shape index (κ1) is 15.4. The van der Waals surface area contributed by atoms with E-state index in [-0.39, 0.29) is 5.92 Å². The van der Waals surface area contributed by atoms with Crippen LogP contribution in [0.1, 0.15) is 11.5 Å². The first-order valence-corrected chi connectivity index (χ1v) is 7.61. The van der Waals surface area contributed by atoms with Gasteiger partial charge in [-0.05, 0) is 35.9 Å². The zero-order chi connectivity index (χ0) is 15.1. The Hall–Kier alpha value is -1.94. The number of thioether (sulfide) groups is 1. The van der Waals surface area contributed by atoms with Crippen molar-refractivity contribution < 1.29 is 14.3 Å². The summed E-state index contributed by atoms with van der Waals surface area (Å²) in [7, 11) is 3.28. The predicted octanol–water partition coefficient (Wildman–Crippen LogP) is 3.78. The van der Waals surface area contributed by atoms with E-state index in [4.69, 9.17) is 9.47 Å². The average Bonchev–Trinajstić information content (AvgIpc) is 2.56. The molecule has 3 nitrogen and oxygen atoms in total. The van der Waals surface area contributed by atoms with Gasteiger partial charge >= 0.3 is 0 Å². The van der Waals surface area contributed by atoms with Gasteiger partial charge in [-0.1, -0.05) is 18.2 Å². The number of hydrogen-bond donors (Lipinski definition) is 0. The van der Waals surface area contributed by atoms with Gasteiger partial charge in [-0.25, -0.2) is 0 Å². The molecule has 0 aliphatic heterocycles. The summed E-state index contributed by atoms with van der Waals surface area (Å²) in [4.78, 5) is 12.4. The SMILES string of the molecule is COc1ccc(C(C=O)CSc2cccc(OC)c2)cc1. The van der Waals surface area contributed by atoms with Crippen LogP contribution >= 0.6 is 11.8 Å². The lowest BCUT2D eigenvalue weighted by atomic mass is 10.0. The molecule has 2 aromatic carbocycles. The van der Waals surface area contributed by atoms with Crippen LogP contribution in [0.5, 0.6) is 11.5 Å². The maximum Gasteiger partial charge on any atom is 0.128 e. The molecule has 0 heterocycles. The molecule has 0 spiro atoms. The highest BCUT2D eigenvalue weighted by Crippen LogP contribution is 2.28. The first-order chi connectivity index (χ1) is 10.3. The van der Waals surface area contributed by atoms with Crippen molar-refractivity contribution in [2.45, 2.75) is 10.8 Å². The van der Waals surface area contributed by atoms with Crippen LogP contribution in [0.2, 0.25) is 0 Å². The normalized spacial score (nSPS) is 11.7.